The number of hydrogen-bond donors (Lipinski definition) is 1. The quantitative estimate of drug-likeness (QED) is 0.578. The van der Waals surface area contributed by atoms with Gasteiger partial charge in [0.2, 0.25) is 5.91 Å². The number of anilines is 1. The second-order valence-electron chi connectivity index (χ2n) is 6.22. The van der Waals surface area contributed by atoms with Crippen LogP contribution in [0.25, 0.3) is 0 Å². The SMILES string of the molecule is O=C(Cc1ccc(NS(=O)(=O)c2ccc([N+](=O)[O-])cc2)cc1)N1CCOCC1. The highest BCUT2D eigenvalue weighted by atomic mass is 32.2. The lowest BCUT2D eigenvalue weighted by atomic mass is 10.1. The number of morpholine rings is 1. The number of non-ortho nitro benzene ring substituents is 1. The van der Waals surface area contributed by atoms with E-state index in [0.29, 0.717) is 32.0 Å². The van der Waals surface area contributed by atoms with Crippen molar-refractivity contribution in [2.24, 2.45) is 0 Å². The number of sulfonamides is 1. The van der Waals surface area contributed by atoms with Crippen LogP contribution in [0, 0.1) is 10.1 Å². The molecule has 1 saturated heterocycles. The molecule has 2 aromatic carbocycles. The number of benzene rings is 2. The van der Waals surface area contributed by atoms with Crippen molar-refractivity contribution in [3.05, 3.63) is 64.2 Å². The van der Waals surface area contributed by atoms with E-state index in [-0.39, 0.29) is 22.9 Å². The van der Waals surface area contributed by atoms with Gasteiger partial charge in [-0.1, -0.05) is 12.1 Å². The Kier molecular flexibility index (Phi) is 5.90. The normalized spacial score (nSPS) is 14.5. The fourth-order valence-electron chi connectivity index (χ4n) is 2.75. The number of ether oxygens (including phenoxy) is 1. The summed E-state index contributed by atoms with van der Waals surface area (Å²) >= 11 is 0. The molecule has 0 saturated carbocycles. The second-order valence-corrected chi connectivity index (χ2v) is 7.91. The summed E-state index contributed by atoms with van der Waals surface area (Å²) in [5, 5.41) is 10.7. The van der Waals surface area contributed by atoms with Crippen LogP contribution in [0.5, 0.6) is 0 Å². The van der Waals surface area contributed by atoms with Gasteiger partial charge in [0.15, 0.2) is 0 Å². The summed E-state index contributed by atoms with van der Waals surface area (Å²) in [6.07, 6.45) is 0.232. The summed E-state index contributed by atoms with van der Waals surface area (Å²) < 4.78 is 32.4. The van der Waals surface area contributed by atoms with Crippen molar-refractivity contribution in [3.63, 3.8) is 0 Å². The molecule has 2 aromatic rings. The maximum Gasteiger partial charge on any atom is 0.269 e. The van der Waals surface area contributed by atoms with Crippen LogP contribution >= 0.6 is 0 Å². The Bertz CT molecular complexity index is 952. The van der Waals surface area contributed by atoms with E-state index >= 15 is 0 Å². The van der Waals surface area contributed by atoms with E-state index in [9.17, 15) is 23.3 Å². The molecule has 0 unspecified atom stereocenters. The zero-order chi connectivity index (χ0) is 20.1. The number of nitro groups is 1. The van der Waals surface area contributed by atoms with Gasteiger partial charge in [-0.25, -0.2) is 8.42 Å². The summed E-state index contributed by atoms with van der Waals surface area (Å²) in [6.45, 7) is 2.22. The molecule has 1 aliphatic heterocycles. The summed E-state index contributed by atoms with van der Waals surface area (Å²) in [5.74, 6) is 0.00232. The predicted molar refractivity (Wildman–Crippen MR) is 101 cm³/mol. The zero-order valence-electron chi connectivity index (χ0n) is 14.9. The highest BCUT2D eigenvalue weighted by molar-refractivity contribution is 7.92. The molecule has 0 spiro atoms. The third-order valence-electron chi connectivity index (χ3n) is 4.28. The maximum absolute atomic E-state index is 12.4. The molecular formula is C18H19N3O6S. The smallest absolute Gasteiger partial charge is 0.269 e. The molecule has 9 nitrogen and oxygen atoms in total. The predicted octanol–water partition coefficient (Wildman–Crippen LogP) is 1.80. The van der Waals surface area contributed by atoms with Crippen LogP contribution in [0.3, 0.4) is 0 Å². The Morgan fingerprint density at radius 1 is 1.07 bits per heavy atom. The molecule has 3 rings (SSSR count). The first-order chi connectivity index (χ1) is 13.3. The third kappa shape index (κ3) is 4.84. The van der Waals surface area contributed by atoms with E-state index in [2.05, 4.69) is 4.72 Å². The van der Waals surface area contributed by atoms with Crippen molar-refractivity contribution in [2.75, 3.05) is 31.0 Å². The number of nitrogens with zero attached hydrogens (tertiary/aromatic N) is 2. The molecule has 28 heavy (non-hydrogen) atoms. The molecule has 1 aliphatic rings. The van der Waals surface area contributed by atoms with Crippen LogP contribution < -0.4 is 4.72 Å². The average molecular weight is 405 g/mol. The molecule has 1 fully saturated rings. The molecule has 10 heteroatoms. The van der Waals surface area contributed by atoms with Crippen LogP contribution in [0.4, 0.5) is 11.4 Å². The van der Waals surface area contributed by atoms with Gasteiger partial charge in [0, 0.05) is 30.9 Å². The lowest BCUT2D eigenvalue weighted by molar-refractivity contribution is -0.384. The van der Waals surface area contributed by atoms with E-state index in [0.717, 1.165) is 17.7 Å². The number of carbonyl (C=O) groups excluding carboxylic acids is 1. The van der Waals surface area contributed by atoms with Gasteiger partial charge in [0.25, 0.3) is 15.7 Å². The summed E-state index contributed by atoms with van der Waals surface area (Å²) in [4.78, 5) is 24.0. The Balaban J connectivity index is 1.64. The van der Waals surface area contributed by atoms with Crippen molar-refractivity contribution in [2.45, 2.75) is 11.3 Å². The van der Waals surface area contributed by atoms with Gasteiger partial charge in [0.05, 0.1) is 29.5 Å². The highest BCUT2D eigenvalue weighted by Gasteiger charge is 2.18. The summed E-state index contributed by atoms with van der Waals surface area (Å²) in [6, 6.07) is 11.1. The van der Waals surface area contributed by atoms with Gasteiger partial charge >= 0.3 is 0 Å². The van der Waals surface area contributed by atoms with Crippen molar-refractivity contribution in [1.82, 2.24) is 4.90 Å². The molecule has 1 amide bonds. The maximum atomic E-state index is 12.4. The van der Waals surface area contributed by atoms with Crippen LogP contribution in [0.2, 0.25) is 0 Å². The van der Waals surface area contributed by atoms with E-state index in [4.69, 9.17) is 4.74 Å². The van der Waals surface area contributed by atoms with Crippen molar-refractivity contribution in [3.8, 4) is 0 Å². The Labute approximate surface area is 162 Å². The Hall–Kier alpha value is -2.98. The van der Waals surface area contributed by atoms with E-state index in [1.807, 2.05) is 0 Å². The van der Waals surface area contributed by atoms with Crippen LogP contribution in [0.1, 0.15) is 5.56 Å². The van der Waals surface area contributed by atoms with Crippen molar-refractivity contribution < 1.29 is 22.9 Å². The molecule has 1 heterocycles. The Morgan fingerprint density at radius 2 is 1.68 bits per heavy atom. The average Bonchev–Trinajstić information content (AvgIpc) is 2.70. The molecule has 0 aromatic heterocycles. The van der Waals surface area contributed by atoms with Gasteiger partial charge < -0.3 is 9.64 Å². The zero-order valence-corrected chi connectivity index (χ0v) is 15.7. The lowest BCUT2D eigenvalue weighted by Crippen LogP contribution is -2.41. The monoisotopic (exact) mass is 405 g/mol. The molecule has 0 radical (unpaired) electrons. The van der Waals surface area contributed by atoms with E-state index < -0.39 is 14.9 Å². The molecule has 0 atom stereocenters. The molecule has 1 N–H and O–H groups in total. The minimum absolute atomic E-state index is 0.00232. The van der Waals surface area contributed by atoms with Gasteiger partial charge in [-0.3, -0.25) is 19.6 Å². The van der Waals surface area contributed by atoms with Crippen LogP contribution in [0.15, 0.2) is 53.4 Å². The van der Waals surface area contributed by atoms with Crippen molar-refractivity contribution >= 4 is 27.3 Å². The second kappa shape index (κ2) is 8.36. The molecular weight excluding hydrogens is 386 g/mol. The number of amides is 1. The minimum atomic E-state index is -3.87. The Morgan fingerprint density at radius 3 is 2.25 bits per heavy atom. The third-order valence-corrected chi connectivity index (χ3v) is 5.68. The van der Waals surface area contributed by atoms with Crippen LogP contribution in [-0.2, 0) is 26.0 Å². The highest BCUT2D eigenvalue weighted by Crippen LogP contribution is 2.20. The number of carbonyl (C=O) groups is 1. The fraction of sp³-hybridized carbons (Fsp3) is 0.278. The standard InChI is InChI=1S/C18H19N3O6S/c22-18(20-9-11-27-12-10-20)13-14-1-3-15(4-2-14)19-28(25,26)17-7-5-16(6-8-17)21(23)24/h1-8,19H,9-13H2. The number of rotatable bonds is 6. The number of hydrogen-bond acceptors (Lipinski definition) is 6. The van der Waals surface area contributed by atoms with Gasteiger partial charge in [-0.05, 0) is 29.8 Å². The fourth-order valence-corrected chi connectivity index (χ4v) is 3.81. The first-order valence-electron chi connectivity index (χ1n) is 8.57. The summed E-state index contributed by atoms with van der Waals surface area (Å²) in [5.41, 5.74) is 0.920. The largest absolute Gasteiger partial charge is 0.378 e. The molecule has 148 valence electrons. The minimum Gasteiger partial charge on any atom is -0.378 e. The first kappa shape index (κ1) is 19.8. The topological polar surface area (TPSA) is 119 Å². The van der Waals surface area contributed by atoms with E-state index in [1.165, 1.54) is 12.1 Å². The number of nitrogens with one attached hydrogen (secondary N) is 1. The van der Waals surface area contributed by atoms with Gasteiger partial charge in [-0.15, -0.1) is 0 Å². The number of nitro benzene ring substituents is 1. The lowest BCUT2D eigenvalue weighted by Gasteiger charge is -2.26. The molecule has 0 bridgehead atoms. The van der Waals surface area contributed by atoms with E-state index in [1.54, 1.807) is 29.2 Å². The first-order valence-corrected chi connectivity index (χ1v) is 10.1. The van der Waals surface area contributed by atoms with Crippen LogP contribution in [-0.4, -0.2) is 50.5 Å². The van der Waals surface area contributed by atoms with Crippen molar-refractivity contribution in [1.29, 1.82) is 0 Å². The van der Waals surface area contributed by atoms with Gasteiger partial charge in [-0.2, -0.15) is 0 Å². The van der Waals surface area contributed by atoms with Gasteiger partial charge in [0.1, 0.15) is 0 Å². The summed E-state index contributed by atoms with van der Waals surface area (Å²) in [7, 11) is -3.87. The molecule has 0 aliphatic carbocycles.